The summed E-state index contributed by atoms with van der Waals surface area (Å²) >= 11 is 0. The largest absolute Gasteiger partial charge is 0.392 e. The van der Waals surface area contributed by atoms with Gasteiger partial charge in [-0.3, -0.25) is 4.79 Å². The molecule has 0 spiro atoms. The number of nitrogens with one attached hydrogen (secondary N) is 1. The van der Waals surface area contributed by atoms with Crippen molar-refractivity contribution in [2.75, 3.05) is 19.6 Å². The molecule has 0 aromatic rings. The van der Waals surface area contributed by atoms with Crippen molar-refractivity contribution in [2.24, 2.45) is 5.92 Å². The van der Waals surface area contributed by atoms with E-state index in [-0.39, 0.29) is 18.1 Å². The summed E-state index contributed by atoms with van der Waals surface area (Å²) in [4.78, 5) is 13.9. The summed E-state index contributed by atoms with van der Waals surface area (Å²) in [6, 6.07) is -0.145. The average Bonchev–Trinajstić information content (AvgIpc) is 2.65. The van der Waals surface area contributed by atoms with Crippen molar-refractivity contribution < 1.29 is 9.90 Å². The minimum Gasteiger partial charge on any atom is -0.392 e. The SMILES string of the molecule is CC1CCN(C(=O)[C@H]2C[C@H](O)CN2)CC1. The van der Waals surface area contributed by atoms with Crippen molar-refractivity contribution in [2.45, 2.75) is 38.3 Å². The van der Waals surface area contributed by atoms with Crippen molar-refractivity contribution in [1.82, 2.24) is 10.2 Å². The maximum atomic E-state index is 12.0. The first-order valence-electron chi connectivity index (χ1n) is 5.87. The number of hydrogen-bond acceptors (Lipinski definition) is 3. The van der Waals surface area contributed by atoms with Gasteiger partial charge in [0.15, 0.2) is 0 Å². The first-order chi connectivity index (χ1) is 7.16. The zero-order valence-corrected chi connectivity index (χ0v) is 9.28. The van der Waals surface area contributed by atoms with Crippen LogP contribution in [0.1, 0.15) is 26.2 Å². The standard InChI is InChI=1S/C11H20N2O2/c1-8-2-4-13(5-3-8)11(15)10-6-9(14)7-12-10/h8-10,12,14H,2-7H2,1H3/t9-,10+/m0/s1. The van der Waals surface area contributed by atoms with Crippen LogP contribution in [0, 0.1) is 5.92 Å². The molecule has 2 heterocycles. The predicted octanol–water partition coefficient (Wildman–Crippen LogP) is -0.0323. The number of hydrogen-bond donors (Lipinski definition) is 2. The van der Waals surface area contributed by atoms with Gasteiger partial charge in [0.1, 0.15) is 0 Å². The third kappa shape index (κ3) is 2.49. The molecule has 0 aromatic carbocycles. The van der Waals surface area contributed by atoms with E-state index in [1.54, 1.807) is 0 Å². The van der Waals surface area contributed by atoms with Crippen molar-refractivity contribution in [3.63, 3.8) is 0 Å². The molecule has 0 saturated carbocycles. The molecule has 2 rings (SSSR count). The summed E-state index contributed by atoms with van der Waals surface area (Å²) in [5, 5.41) is 12.4. The second-order valence-electron chi connectivity index (χ2n) is 4.86. The van der Waals surface area contributed by atoms with E-state index in [0.717, 1.165) is 31.8 Å². The fourth-order valence-electron chi connectivity index (χ4n) is 2.35. The van der Waals surface area contributed by atoms with Crippen LogP contribution in [0.15, 0.2) is 0 Å². The van der Waals surface area contributed by atoms with Crippen LogP contribution in [0.4, 0.5) is 0 Å². The van der Waals surface area contributed by atoms with Crippen molar-refractivity contribution in [3.05, 3.63) is 0 Å². The smallest absolute Gasteiger partial charge is 0.239 e. The van der Waals surface area contributed by atoms with Crippen molar-refractivity contribution in [3.8, 4) is 0 Å². The summed E-state index contributed by atoms with van der Waals surface area (Å²) in [6.45, 7) is 4.56. The molecule has 4 heteroatoms. The van der Waals surface area contributed by atoms with Crippen LogP contribution < -0.4 is 5.32 Å². The zero-order valence-electron chi connectivity index (χ0n) is 9.28. The van der Waals surface area contributed by atoms with Gasteiger partial charge in [0.2, 0.25) is 5.91 Å². The second-order valence-corrected chi connectivity index (χ2v) is 4.86. The minimum atomic E-state index is -0.345. The lowest BCUT2D eigenvalue weighted by Gasteiger charge is -2.32. The number of rotatable bonds is 1. The van der Waals surface area contributed by atoms with E-state index in [1.165, 1.54) is 0 Å². The number of β-amino-alcohol motifs (C(OH)–C–C–N with tert-alkyl or cyclic N) is 1. The average molecular weight is 212 g/mol. The fraction of sp³-hybridized carbons (Fsp3) is 0.909. The Hall–Kier alpha value is -0.610. The van der Waals surface area contributed by atoms with Gasteiger partial charge >= 0.3 is 0 Å². The number of carbonyl (C=O) groups excluding carboxylic acids is 1. The Morgan fingerprint density at radius 2 is 2.07 bits per heavy atom. The number of aliphatic hydroxyl groups is 1. The van der Waals surface area contributed by atoms with Gasteiger partial charge in [0, 0.05) is 19.6 Å². The molecule has 0 bridgehead atoms. The van der Waals surface area contributed by atoms with Crippen LogP contribution in [-0.4, -0.2) is 47.7 Å². The third-order valence-electron chi connectivity index (χ3n) is 3.50. The molecule has 86 valence electrons. The number of carbonyl (C=O) groups is 1. The molecule has 0 unspecified atom stereocenters. The number of aliphatic hydroxyl groups excluding tert-OH is 1. The van der Waals surface area contributed by atoms with Crippen LogP contribution in [0.25, 0.3) is 0 Å². The van der Waals surface area contributed by atoms with E-state index in [9.17, 15) is 9.90 Å². The lowest BCUT2D eigenvalue weighted by atomic mass is 9.98. The second kappa shape index (κ2) is 4.49. The number of likely N-dealkylation sites (tertiary alicyclic amines) is 1. The summed E-state index contributed by atoms with van der Waals surface area (Å²) in [7, 11) is 0. The number of amides is 1. The Morgan fingerprint density at radius 1 is 1.40 bits per heavy atom. The summed E-state index contributed by atoms with van der Waals surface area (Å²) < 4.78 is 0. The maximum Gasteiger partial charge on any atom is 0.239 e. The van der Waals surface area contributed by atoms with Crippen LogP contribution >= 0.6 is 0 Å². The van der Waals surface area contributed by atoms with Gasteiger partial charge in [-0.15, -0.1) is 0 Å². The van der Waals surface area contributed by atoms with Gasteiger partial charge in [-0.25, -0.2) is 0 Å². The Bertz CT molecular complexity index is 237. The molecule has 1 amide bonds. The van der Waals surface area contributed by atoms with Crippen LogP contribution in [0.3, 0.4) is 0 Å². The monoisotopic (exact) mass is 212 g/mol. The molecule has 0 aromatic heterocycles. The van der Waals surface area contributed by atoms with Gasteiger partial charge in [0.25, 0.3) is 0 Å². The molecular weight excluding hydrogens is 192 g/mol. The van der Waals surface area contributed by atoms with Gasteiger partial charge in [-0.1, -0.05) is 6.92 Å². The van der Waals surface area contributed by atoms with E-state index in [4.69, 9.17) is 0 Å². The highest BCUT2D eigenvalue weighted by atomic mass is 16.3. The molecule has 2 atom stereocenters. The molecule has 2 aliphatic rings. The summed E-state index contributed by atoms with van der Waals surface area (Å²) in [5.74, 6) is 0.926. The molecule has 0 radical (unpaired) electrons. The van der Waals surface area contributed by atoms with Crippen LogP contribution in [0.5, 0.6) is 0 Å². The van der Waals surface area contributed by atoms with Gasteiger partial charge < -0.3 is 15.3 Å². The van der Waals surface area contributed by atoms with Gasteiger partial charge in [-0.05, 0) is 25.2 Å². The summed E-state index contributed by atoms with van der Waals surface area (Å²) in [6.07, 6.45) is 2.45. The van der Waals surface area contributed by atoms with Crippen LogP contribution in [0.2, 0.25) is 0 Å². The first kappa shape index (κ1) is 10.9. The maximum absolute atomic E-state index is 12.0. The molecule has 2 N–H and O–H groups in total. The molecule has 2 aliphatic heterocycles. The Balaban J connectivity index is 1.85. The zero-order chi connectivity index (χ0) is 10.8. The molecule has 2 fully saturated rings. The van der Waals surface area contributed by atoms with Crippen LogP contribution in [-0.2, 0) is 4.79 Å². The predicted molar refractivity (Wildman–Crippen MR) is 57.4 cm³/mol. The Morgan fingerprint density at radius 3 is 2.60 bits per heavy atom. The molecule has 0 aliphatic carbocycles. The lowest BCUT2D eigenvalue weighted by Crippen LogP contribution is -2.46. The van der Waals surface area contributed by atoms with Gasteiger partial charge in [0.05, 0.1) is 12.1 Å². The highest BCUT2D eigenvalue weighted by molar-refractivity contribution is 5.82. The van der Waals surface area contributed by atoms with Crippen molar-refractivity contribution in [1.29, 1.82) is 0 Å². The normalized spacial score (nSPS) is 33.3. The van der Waals surface area contributed by atoms with E-state index >= 15 is 0 Å². The topological polar surface area (TPSA) is 52.6 Å². The quantitative estimate of drug-likeness (QED) is 0.641. The Kier molecular flexibility index (Phi) is 3.26. The fourth-order valence-corrected chi connectivity index (χ4v) is 2.35. The highest BCUT2D eigenvalue weighted by Gasteiger charge is 2.32. The summed E-state index contributed by atoms with van der Waals surface area (Å²) in [5.41, 5.74) is 0. The van der Waals surface area contributed by atoms with Gasteiger partial charge in [-0.2, -0.15) is 0 Å². The molecular formula is C11H20N2O2. The lowest BCUT2D eigenvalue weighted by molar-refractivity contribution is -0.134. The molecule has 4 nitrogen and oxygen atoms in total. The highest BCUT2D eigenvalue weighted by Crippen LogP contribution is 2.18. The Labute approximate surface area is 90.6 Å². The first-order valence-corrected chi connectivity index (χ1v) is 5.87. The molecule has 2 saturated heterocycles. The van der Waals surface area contributed by atoms with Crippen molar-refractivity contribution >= 4 is 5.91 Å². The van der Waals surface area contributed by atoms with E-state index < -0.39 is 0 Å². The molecule has 15 heavy (non-hydrogen) atoms. The van der Waals surface area contributed by atoms with E-state index in [0.29, 0.717) is 13.0 Å². The number of nitrogens with zero attached hydrogens (tertiary/aromatic N) is 1. The minimum absolute atomic E-state index is 0.145. The van der Waals surface area contributed by atoms with E-state index in [2.05, 4.69) is 12.2 Å². The number of piperidine rings is 1. The van der Waals surface area contributed by atoms with E-state index in [1.807, 2.05) is 4.90 Å². The third-order valence-corrected chi connectivity index (χ3v) is 3.50.